The Kier molecular flexibility index (Phi) is 6.74. The number of nitrogens with zero attached hydrogens (tertiary/aromatic N) is 2. The second-order valence-electron chi connectivity index (χ2n) is 6.25. The largest absolute Gasteiger partial charge is 0.350 e. The Morgan fingerprint density at radius 2 is 1.88 bits per heavy atom. The molecule has 1 unspecified atom stereocenters. The van der Waals surface area contributed by atoms with Crippen molar-refractivity contribution in [3.63, 3.8) is 0 Å². The Labute approximate surface area is 160 Å². The van der Waals surface area contributed by atoms with Crippen LogP contribution in [0.4, 0.5) is 0 Å². The number of hydrogen-bond acceptors (Lipinski definition) is 3. The molecule has 0 bridgehead atoms. The molecule has 0 radical (unpaired) electrons. The molecular weight excluding hydrogens is 398 g/mol. The Bertz CT molecular complexity index is 927. The van der Waals surface area contributed by atoms with Gasteiger partial charge in [0.15, 0.2) is 0 Å². The van der Waals surface area contributed by atoms with Gasteiger partial charge in [-0.15, -0.1) is 0 Å². The second-order valence-corrected chi connectivity index (χ2v) is 7.17. The number of aryl methyl sites for hydroxylation is 2. The van der Waals surface area contributed by atoms with E-state index in [0.717, 1.165) is 21.9 Å². The molecule has 0 aliphatic heterocycles. The van der Waals surface area contributed by atoms with Crippen LogP contribution in [0, 0.1) is 0 Å². The summed E-state index contributed by atoms with van der Waals surface area (Å²) >= 11 is 3.41. The minimum atomic E-state index is -0.430. The molecule has 2 aromatic rings. The van der Waals surface area contributed by atoms with Crippen molar-refractivity contribution in [1.29, 1.82) is 0 Å². The van der Waals surface area contributed by atoms with Crippen LogP contribution in [-0.4, -0.2) is 21.1 Å². The van der Waals surface area contributed by atoms with Gasteiger partial charge >= 0.3 is 5.69 Å². The first-order valence-corrected chi connectivity index (χ1v) is 9.07. The molecule has 0 aliphatic rings. The number of halogens is 1. The van der Waals surface area contributed by atoms with Crippen molar-refractivity contribution in [3.05, 3.63) is 73.0 Å². The fourth-order valence-electron chi connectivity index (χ4n) is 2.51. The van der Waals surface area contributed by atoms with Gasteiger partial charge in [-0.05, 0) is 43.5 Å². The topological polar surface area (TPSA) is 73.1 Å². The van der Waals surface area contributed by atoms with E-state index in [1.807, 2.05) is 31.2 Å². The van der Waals surface area contributed by atoms with Gasteiger partial charge in [0.2, 0.25) is 5.91 Å². The van der Waals surface area contributed by atoms with Crippen molar-refractivity contribution >= 4 is 27.9 Å². The Morgan fingerprint density at radius 1 is 1.23 bits per heavy atom. The Hall–Kier alpha value is -2.41. The molecule has 0 saturated carbocycles. The second kappa shape index (κ2) is 8.80. The van der Waals surface area contributed by atoms with Crippen molar-refractivity contribution in [2.24, 2.45) is 14.1 Å². The molecule has 1 aromatic carbocycles. The summed E-state index contributed by atoms with van der Waals surface area (Å²) in [4.78, 5) is 35.7. The fourth-order valence-corrected chi connectivity index (χ4v) is 2.78. The summed E-state index contributed by atoms with van der Waals surface area (Å²) in [6, 6.07) is 8.09. The third kappa shape index (κ3) is 5.29. The van der Waals surface area contributed by atoms with Crippen molar-refractivity contribution < 1.29 is 4.79 Å². The average Bonchev–Trinajstić information content (AvgIpc) is 2.61. The maximum Gasteiger partial charge on any atom is 0.330 e. The van der Waals surface area contributed by atoms with Crippen LogP contribution < -0.4 is 16.6 Å². The predicted octanol–water partition coefficient (Wildman–Crippen LogP) is 2.00. The van der Waals surface area contributed by atoms with Gasteiger partial charge in [0, 0.05) is 36.9 Å². The predicted molar refractivity (Wildman–Crippen MR) is 106 cm³/mol. The van der Waals surface area contributed by atoms with Crippen LogP contribution in [-0.2, 0) is 25.3 Å². The highest BCUT2D eigenvalue weighted by atomic mass is 79.9. The molecule has 0 spiro atoms. The molecule has 7 heteroatoms. The van der Waals surface area contributed by atoms with Crippen molar-refractivity contribution in [1.82, 2.24) is 14.5 Å². The molecule has 2 rings (SSSR count). The number of aromatic nitrogens is 2. The third-order valence-electron chi connectivity index (χ3n) is 4.06. The van der Waals surface area contributed by atoms with Crippen molar-refractivity contribution in [2.45, 2.75) is 25.8 Å². The van der Waals surface area contributed by atoms with Gasteiger partial charge in [-0.1, -0.05) is 28.1 Å². The molecule has 0 aliphatic carbocycles. The lowest BCUT2D eigenvalue weighted by Crippen LogP contribution is -2.37. The average molecular weight is 420 g/mol. The maximum atomic E-state index is 12.0. The number of carbonyl (C=O) groups is 1. The molecule has 0 saturated heterocycles. The van der Waals surface area contributed by atoms with Gasteiger partial charge in [0.05, 0.1) is 5.56 Å². The lowest BCUT2D eigenvalue weighted by Gasteiger charge is -2.12. The molecule has 6 nitrogen and oxygen atoms in total. The number of amides is 1. The molecular formula is C19H22BrN3O3. The van der Waals surface area contributed by atoms with Gasteiger partial charge < -0.3 is 9.88 Å². The minimum Gasteiger partial charge on any atom is -0.350 e. The van der Waals surface area contributed by atoms with Crippen molar-refractivity contribution in [3.8, 4) is 0 Å². The lowest BCUT2D eigenvalue weighted by molar-refractivity contribution is -0.117. The van der Waals surface area contributed by atoms with Crippen LogP contribution in [0.15, 0.2) is 50.6 Å². The zero-order chi connectivity index (χ0) is 19.3. The van der Waals surface area contributed by atoms with E-state index < -0.39 is 11.2 Å². The van der Waals surface area contributed by atoms with Gasteiger partial charge in [-0.3, -0.25) is 14.2 Å². The summed E-state index contributed by atoms with van der Waals surface area (Å²) in [5.74, 6) is -0.274. The SMILES string of the molecule is CC(CCc1ccc(Br)cc1)NC(=O)/C=C/c1cn(C)c(=O)n(C)c1=O. The van der Waals surface area contributed by atoms with Crippen LogP contribution in [0.3, 0.4) is 0 Å². The highest BCUT2D eigenvalue weighted by Gasteiger charge is 2.07. The fraction of sp³-hybridized carbons (Fsp3) is 0.316. The van der Waals surface area contributed by atoms with E-state index in [2.05, 4.69) is 21.2 Å². The van der Waals surface area contributed by atoms with E-state index in [-0.39, 0.29) is 17.5 Å². The minimum absolute atomic E-state index is 0.00115. The third-order valence-corrected chi connectivity index (χ3v) is 4.58. The van der Waals surface area contributed by atoms with Crippen LogP contribution in [0.1, 0.15) is 24.5 Å². The van der Waals surface area contributed by atoms with E-state index in [1.165, 1.54) is 35.5 Å². The zero-order valence-corrected chi connectivity index (χ0v) is 16.6. The summed E-state index contributed by atoms with van der Waals surface area (Å²) in [7, 11) is 2.97. The molecule has 1 atom stereocenters. The molecule has 1 N–H and O–H groups in total. The summed E-state index contributed by atoms with van der Waals surface area (Å²) in [5.41, 5.74) is 0.657. The van der Waals surface area contributed by atoms with E-state index >= 15 is 0 Å². The van der Waals surface area contributed by atoms with E-state index in [9.17, 15) is 14.4 Å². The molecule has 138 valence electrons. The Balaban J connectivity index is 1.93. The summed E-state index contributed by atoms with van der Waals surface area (Å²) in [5, 5.41) is 2.88. The number of benzene rings is 1. The summed E-state index contributed by atoms with van der Waals surface area (Å²) in [6.07, 6.45) is 5.84. The number of carbonyl (C=O) groups excluding carboxylic acids is 1. The lowest BCUT2D eigenvalue weighted by atomic mass is 10.1. The normalized spacial score (nSPS) is 12.3. The molecule has 1 amide bonds. The van der Waals surface area contributed by atoms with E-state index in [0.29, 0.717) is 0 Å². The first-order valence-electron chi connectivity index (χ1n) is 8.27. The van der Waals surface area contributed by atoms with Crippen LogP contribution >= 0.6 is 15.9 Å². The quantitative estimate of drug-likeness (QED) is 0.727. The number of hydrogen-bond donors (Lipinski definition) is 1. The highest BCUT2D eigenvalue weighted by molar-refractivity contribution is 9.10. The van der Waals surface area contributed by atoms with Gasteiger partial charge in [0.25, 0.3) is 5.56 Å². The van der Waals surface area contributed by atoms with Gasteiger partial charge in [0.1, 0.15) is 0 Å². The standard InChI is InChI=1S/C19H22BrN3O3/c1-13(4-5-14-6-9-16(20)10-7-14)21-17(24)11-8-15-12-22(2)19(26)23(3)18(15)25/h6-13H,4-5H2,1-3H3,(H,21,24)/b11-8+. The van der Waals surface area contributed by atoms with Gasteiger partial charge in [-0.25, -0.2) is 4.79 Å². The van der Waals surface area contributed by atoms with Crippen LogP contribution in [0.2, 0.25) is 0 Å². The first-order chi connectivity index (χ1) is 12.3. The molecule has 1 aromatic heterocycles. The smallest absolute Gasteiger partial charge is 0.330 e. The molecule has 0 fully saturated rings. The van der Waals surface area contributed by atoms with Crippen LogP contribution in [0.25, 0.3) is 6.08 Å². The molecule has 1 heterocycles. The maximum absolute atomic E-state index is 12.0. The summed E-state index contributed by atoms with van der Waals surface area (Å²) < 4.78 is 3.36. The molecule has 26 heavy (non-hydrogen) atoms. The van der Waals surface area contributed by atoms with Crippen molar-refractivity contribution in [2.75, 3.05) is 0 Å². The van der Waals surface area contributed by atoms with Gasteiger partial charge in [-0.2, -0.15) is 0 Å². The van der Waals surface area contributed by atoms with E-state index in [4.69, 9.17) is 0 Å². The highest BCUT2D eigenvalue weighted by Crippen LogP contribution is 2.12. The van der Waals surface area contributed by atoms with E-state index in [1.54, 1.807) is 7.05 Å². The summed E-state index contributed by atoms with van der Waals surface area (Å²) in [6.45, 7) is 1.94. The first kappa shape index (κ1) is 19.9. The number of rotatable bonds is 6. The van der Waals surface area contributed by atoms with Crippen LogP contribution in [0.5, 0.6) is 0 Å². The Morgan fingerprint density at radius 3 is 2.54 bits per heavy atom. The zero-order valence-electron chi connectivity index (χ0n) is 15.0. The monoisotopic (exact) mass is 419 g/mol. The number of nitrogens with one attached hydrogen (secondary N) is 1.